The Morgan fingerprint density at radius 2 is 1.84 bits per heavy atom. The molecule has 2 aromatic carbocycles. The van der Waals surface area contributed by atoms with E-state index in [4.69, 9.17) is 9.47 Å². The number of hydrazone groups is 1. The quantitative estimate of drug-likeness (QED) is 0.569. The van der Waals surface area contributed by atoms with Crippen LogP contribution in [0.25, 0.3) is 0 Å². The first kappa shape index (κ1) is 18.3. The van der Waals surface area contributed by atoms with Crippen LogP contribution in [0.5, 0.6) is 17.2 Å². The highest BCUT2D eigenvalue weighted by molar-refractivity contribution is 5.95. The van der Waals surface area contributed by atoms with Gasteiger partial charge in [0.05, 0.1) is 19.4 Å². The molecule has 0 spiro atoms. The fourth-order valence-corrected chi connectivity index (χ4v) is 2.04. The molecule has 1 amide bonds. The van der Waals surface area contributed by atoms with Gasteiger partial charge in [0.25, 0.3) is 5.91 Å². The zero-order chi connectivity index (χ0) is 18.1. The number of benzene rings is 2. The average Bonchev–Trinajstić information content (AvgIpc) is 2.63. The van der Waals surface area contributed by atoms with Crippen LogP contribution in [0.3, 0.4) is 0 Å². The molecule has 0 saturated carbocycles. The number of carbonyl (C=O) groups is 1. The number of nitrogens with one attached hydrogen (secondary N) is 1. The highest BCUT2D eigenvalue weighted by atomic mass is 16.5. The molecule has 0 heterocycles. The average molecular weight is 342 g/mol. The minimum atomic E-state index is -0.348. The van der Waals surface area contributed by atoms with E-state index in [1.807, 2.05) is 13.8 Å². The molecule has 0 aliphatic rings. The summed E-state index contributed by atoms with van der Waals surface area (Å²) in [5.74, 6) is 1.05. The van der Waals surface area contributed by atoms with Gasteiger partial charge in [0, 0.05) is 11.1 Å². The van der Waals surface area contributed by atoms with Crippen molar-refractivity contribution in [2.45, 2.75) is 20.3 Å². The van der Waals surface area contributed by atoms with Crippen molar-refractivity contribution in [3.63, 3.8) is 0 Å². The Morgan fingerprint density at radius 3 is 2.52 bits per heavy atom. The molecule has 2 N–H and O–H groups in total. The fraction of sp³-hybridized carbons (Fsp3) is 0.263. The Bertz CT molecular complexity index is 727. The topological polar surface area (TPSA) is 80.2 Å². The van der Waals surface area contributed by atoms with Gasteiger partial charge in [-0.1, -0.05) is 6.92 Å². The number of aromatic hydroxyl groups is 1. The Balaban J connectivity index is 1.97. The summed E-state index contributed by atoms with van der Waals surface area (Å²) in [5.41, 5.74) is 3.35. The molecular weight excluding hydrogens is 320 g/mol. The number of phenols is 1. The highest BCUT2D eigenvalue weighted by Gasteiger charge is 2.05. The van der Waals surface area contributed by atoms with Gasteiger partial charge in [-0.3, -0.25) is 4.79 Å². The van der Waals surface area contributed by atoms with Crippen molar-refractivity contribution in [1.82, 2.24) is 5.43 Å². The summed E-state index contributed by atoms with van der Waals surface area (Å²) in [6.45, 7) is 5.07. The maximum atomic E-state index is 12.1. The third kappa shape index (κ3) is 5.53. The van der Waals surface area contributed by atoms with E-state index in [0.717, 1.165) is 12.2 Å². The summed E-state index contributed by atoms with van der Waals surface area (Å²) in [5, 5.41) is 13.7. The highest BCUT2D eigenvalue weighted by Crippen LogP contribution is 2.21. The van der Waals surface area contributed by atoms with E-state index in [-0.39, 0.29) is 11.7 Å². The lowest BCUT2D eigenvalue weighted by molar-refractivity contribution is 0.0955. The smallest absolute Gasteiger partial charge is 0.271 e. The summed E-state index contributed by atoms with van der Waals surface area (Å²) in [4.78, 5) is 12.1. The van der Waals surface area contributed by atoms with Crippen molar-refractivity contribution >= 4 is 12.1 Å². The standard InChI is InChI=1S/C19H22N2O4/c1-3-11-25-16-7-5-14(6-8-16)19(23)21-20-13-15-12-17(24-4-2)9-10-18(15)22/h5-10,12-13,22H,3-4,11H2,1-2H3,(H,21,23)/b20-13-. The summed E-state index contributed by atoms with van der Waals surface area (Å²) < 4.78 is 10.8. The number of phenolic OH excluding ortho intramolecular Hbond substituents is 1. The predicted octanol–water partition coefficient (Wildman–Crippen LogP) is 3.34. The van der Waals surface area contributed by atoms with Crippen LogP contribution in [0, 0.1) is 0 Å². The molecule has 25 heavy (non-hydrogen) atoms. The zero-order valence-electron chi connectivity index (χ0n) is 14.4. The van der Waals surface area contributed by atoms with Crippen LogP contribution in [0.15, 0.2) is 47.6 Å². The van der Waals surface area contributed by atoms with E-state index in [0.29, 0.717) is 30.1 Å². The molecule has 0 aliphatic carbocycles. The lowest BCUT2D eigenvalue weighted by Gasteiger charge is -2.06. The molecule has 2 rings (SSSR count). The van der Waals surface area contributed by atoms with E-state index in [1.54, 1.807) is 36.4 Å². The third-order valence-electron chi connectivity index (χ3n) is 3.27. The Hall–Kier alpha value is -3.02. The fourth-order valence-electron chi connectivity index (χ4n) is 2.04. The SMILES string of the molecule is CCCOc1ccc(C(=O)N/N=C\c2cc(OCC)ccc2O)cc1. The Kier molecular flexibility index (Phi) is 6.83. The molecule has 6 heteroatoms. The van der Waals surface area contributed by atoms with Crippen LogP contribution in [-0.4, -0.2) is 30.4 Å². The van der Waals surface area contributed by atoms with Gasteiger partial charge in [-0.2, -0.15) is 5.10 Å². The van der Waals surface area contributed by atoms with Crippen LogP contribution in [0.4, 0.5) is 0 Å². The van der Waals surface area contributed by atoms with Gasteiger partial charge in [-0.15, -0.1) is 0 Å². The third-order valence-corrected chi connectivity index (χ3v) is 3.27. The maximum absolute atomic E-state index is 12.1. The van der Waals surface area contributed by atoms with Gasteiger partial charge in [-0.25, -0.2) is 5.43 Å². The molecule has 2 aromatic rings. The van der Waals surface area contributed by atoms with Crippen molar-refractivity contribution in [2.75, 3.05) is 13.2 Å². The first-order valence-corrected chi connectivity index (χ1v) is 8.16. The van der Waals surface area contributed by atoms with Crippen LogP contribution in [0.1, 0.15) is 36.2 Å². The van der Waals surface area contributed by atoms with Gasteiger partial charge < -0.3 is 14.6 Å². The summed E-state index contributed by atoms with van der Waals surface area (Å²) in [6, 6.07) is 11.7. The number of amides is 1. The molecular formula is C19H22N2O4. The van der Waals surface area contributed by atoms with Crippen molar-refractivity contribution < 1.29 is 19.4 Å². The second-order valence-electron chi connectivity index (χ2n) is 5.23. The number of carbonyl (C=O) groups excluding carboxylic acids is 1. The predicted molar refractivity (Wildman–Crippen MR) is 96.6 cm³/mol. The van der Waals surface area contributed by atoms with Gasteiger partial charge in [-0.05, 0) is 55.8 Å². The molecule has 0 radical (unpaired) electrons. The molecule has 0 atom stereocenters. The van der Waals surface area contributed by atoms with E-state index in [2.05, 4.69) is 10.5 Å². The lowest BCUT2D eigenvalue weighted by Crippen LogP contribution is -2.17. The minimum absolute atomic E-state index is 0.0545. The Morgan fingerprint density at radius 1 is 1.12 bits per heavy atom. The molecule has 132 valence electrons. The second-order valence-corrected chi connectivity index (χ2v) is 5.23. The molecule has 0 unspecified atom stereocenters. The monoisotopic (exact) mass is 342 g/mol. The van der Waals surface area contributed by atoms with Crippen LogP contribution in [0.2, 0.25) is 0 Å². The van der Waals surface area contributed by atoms with Gasteiger partial charge in [0.2, 0.25) is 0 Å². The first-order valence-electron chi connectivity index (χ1n) is 8.16. The van der Waals surface area contributed by atoms with Crippen LogP contribution < -0.4 is 14.9 Å². The second kappa shape index (κ2) is 9.32. The molecule has 0 bridgehead atoms. The van der Waals surface area contributed by atoms with Gasteiger partial charge >= 0.3 is 0 Å². The van der Waals surface area contributed by atoms with Crippen molar-refractivity contribution in [1.29, 1.82) is 0 Å². The Labute approximate surface area is 147 Å². The number of hydrogen-bond donors (Lipinski definition) is 2. The maximum Gasteiger partial charge on any atom is 0.271 e. The number of rotatable bonds is 8. The minimum Gasteiger partial charge on any atom is -0.507 e. The summed E-state index contributed by atoms with van der Waals surface area (Å²) in [7, 11) is 0. The summed E-state index contributed by atoms with van der Waals surface area (Å²) in [6.07, 6.45) is 2.29. The normalized spacial score (nSPS) is 10.6. The number of hydrogen-bond acceptors (Lipinski definition) is 5. The molecule has 0 aromatic heterocycles. The molecule has 0 saturated heterocycles. The number of nitrogens with zero attached hydrogens (tertiary/aromatic N) is 1. The van der Waals surface area contributed by atoms with Crippen LogP contribution >= 0.6 is 0 Å². The molecule has 0 aliphatic heterocycles. The van der Waals surface area contributed by atoms with Gasteiger partial charge in [0.15, 0.2) is 0 Å². The number of ether oxygens (including phenoxy) is 2. The summed E-state index contributed by atoms with van der Waals surface area (Å²) >= 11 is 0. The lowest BCUT2D eigenvalue weighted by atomic mass is 10.2. The molecule has 6 nitrogen and oxygen atoms in total. The zero-order valence-corrected chi connectivity index (χ0v) is 14.4. The first-order chi connectivity index (χ1) is 12.1. The van der Waals surface area contributed by atoms with E-state index >= 15 is 0 Å². The molecule has 0 fully saturated rings. The van der Waals surface area contributed by atoms with Gasteiger partial charge in [0.1, 0.15) is 17.2 Å². The largest absolute Gasteiger partial charge is 0.507 e. The van der Waals surface area contributed by atoms with E-state index < -0.39 is 0 Å². The van der Waals surface area contributed by atoms with Crippen molar-refractivity contribution in [3.8, 4) is 17.2 Å². The van der Waals surface area contributed by atoms with Crippen molar-refractivity contribution in [2.24, 2.45) is 5.10 Å². The van der Waals surface area contributed by atoms with E-state index in [9.17, 15) is 9.90 Å². The van der Waals surface area contributed by atoms with E-state index in [1.165, 1.54) is 12.3 Å². The van der Waals surface area contributed by atoms with Crippen LogP contribution in [-0.2, 0) is 0 Å². The van der Waals surface area contributed by atoms with Crippen molar-refractivity contribution in [3.05, 3.63) is 53.6 Å².